The van der Waals surface area contributed by atoms with Crippen molar-refractivity contribution >= 4 is 59.1 Å². The maximum atomic E-state index is 12.2. The maximum absolute atomic E-state index is 12.2. The van der Waals surface area contributed by atoms with E-state index in [-0.39, 0.29) is 23.2 Å². The van der Waals surface area contributed by atoms with Crippen molar-refractivity contribution in [3.8, 4) is 0 Å². The van der Waals surface area contributed by atoms with E-state index in [1.807, 2.05) is 0 Å². The molecule has 6 nitrogen and oxygen atoms in total. The first kappa shape index (κ1) is 21.8. The first-order chi connectivity index (χ1) is 16.5. The van der Waals surface area contributed by atoms with Gasteiger partial charge in [-0.2, -0.15) is 0 Å². The number of carbonyl (C=O) groups excluding carboxylic acids is 2. The molecule has 0 unspecified atom stereocenters. The van der Waals surface area contributed by atoms with E-state index in [1.165, 1.54) is 0 Å². The van der Waals surface area contributed by atoms with E-state index in [0.717, 1.165) is 11.1 Å². The Morgan fingerprint density at radius 2 is 0.971 bits per heavy atom. The number of cyclic esters (lactones) is 2. The van der Waals surface area contributed by atoms with E-state index >= 15 is 0 Å². The number of ether oxygens (including phenoxy) is 2. The Kier molecular flexibility index (Phi) is 5.84. The van der Waals surface area contributed by atoms with Crippen molar-refractivity contribution in [2.75, 3.05) is 0 Å². The second-order valence-electron chi connectivity index (χ2n) is 7.30. The Hall–Kier alpha value is -4.00. The molecule has 0 fully saturated rings. The minimum absolute atomic E-state index is 0.161. The van der Waals surface area contributed by atoms with Gasteiger partial charge >= 0.3 is 11.9 Å². The highest BCUT2D eigenvalue weighted by Gasteiger charge is 2.26. The summed E-state index contributed by atoms with van der Waals surface area (Å²) in [5.41, 5.74) is 2.87. The summed E-state index contributed by atoms with van der Waals surface area (Å²) in [7, 11) is 0. The highest BCUT2D eigenvalue weighted by molar-refractivity contribution is 6.35. The lowest BCUT2D eigenvalue weighted by Gasteiger charge is -2.00. The van der Waals surface area contributed by atoms with Gasteiger partial charge < -0.3 is 9.47 Å². The largest absolute Gasteiger partial charge is 0.402 e. The number of hydrogen-bond donors (Lipinski definition) is 0. The molecule has 0 bridgehead atoms. The fraction of sp³-hybridized carbons (Fsp3) is 0. The van der Waals surface area contributed by atoms with Gasteiger partial charge in [-0.3, -0.25) is 0 Å². The average molecular weight is 489 g/mol. The van der Waals surface area contributed by atoms with Gasteiger partial charge in [0.1, 0.15) is 0 Å². The van der Waals surface area contributed by atoms with E-state index in [4.69, 9.17) is 32.7 Å². The molecule has 8 heteroatoms. The molecule has 2 aliphatic rings. The van der Waals surface area contributed by atoms with Crippen LogP contribution in [0.5, 0.6) is 0 Å². The van der Waals surface area contributed by atoms with Crippen molar-refractivity contribution in [2.24, 2.45) is 9.98 Å². The van der Waals surface area contributed by atoms with Crippen molar-refractivity contribution in [2.45, 2.75) is 0 Å². The van der Waals surface area contributed by atoms with Crippen LogP contribution in [0.3, 0.4) is 0 Å². The molecule has 0 amide bonds. The van der Waals surface area contributed by atoms with Gasteiger partial charge in [0.25, 0.3) is 0 Å². The van der Waals surface area contributed by atoms with Crippen molar-refractivity contribution in [3.05, 3.63) is 116 Å². The van der Waals surface area contributed by atoms with E-state index in [9.17, 15) is 9.59 Å². The number of halogens is 2. The zero-order valence-corrected chi connectivity index (χ0v) is 18.9. The summed E-state index contributed by atoms with van der Waals surface area (Å²) < 4.78 is 10.5. The molecule has 5 rings (SSSR count). The zero-order valence-electron chi connectivity index (χ0n) is 17.4. The van der Waals surface area contributed by atoms with Crippen LogP contribution in [0.2, 0.25) is 10.0 Å². The van der Waals surface area contributed by atoms with Crippen molar-refractivity contribution in [3.63, 3.8) is 0 Å². The number of carbonyl (C=O) groups is 2. The Morgan fingerprint density at radius 1 is 0.588 bits per heavy atom. The lowest BCUT2D eigenvalue weighted by Crippen LogP contribution is -2.05. The van der Waals surface area contributed by atoms with Crippen molar-refractivity contribution in [1.82, 2.24) is 0 Å². The standard InChI is InChI=1S/C26H14Cl2N2O4/c27-19-7-3-1-5-17(19)23-29-21(25(31)33-23)13-15-9-11-16(12-10-15)14-22-26(32)34-24(30-22)18-6-2-4-8-20(18)28/h1-14H/b21-13-,22-14+. The van der Waals surface area contributed by atoms with Crippen LogP contribution >= 0.6 is 23.2 Å². The molecule has 3 aromatic rings. The summed E-state index contributed by atoms with van der Waals surface area (Å²) in [6.45, 7) is 0. The monoisotopic (exact) mass is 488 g/mol. The molecular weight excluding hydrogens is 475 g/mol. The Morgan fingerprint density at radius 3 is 1.35 bits per heavy atom. The predicted molar refractivity (Wildman–Crippen MR) is 131 cm³/mol. The average Bonchev–Trinajstić information content (AvgIpc) is 3.37. The van der Waals surface area contributed by atoms with Gasteiger partial charge in [-0.15, -0.1) is 0 Å². The summed E-state index contributed by atoms with van der Waals surface area (Å²) in [6.07, 6.45) is 3.22. The minimum Gasteiger partial charge on any atom is -0.402 e. The lowest BCUT2D eigenvalue weighted by molar-refractivity contribution is -0.130. The summed E-state index contributed by atoms with van der Waals surface area (Å²) >= 11 is 12.3. The second-order valence-corrected chi connectivity index (χ2v) is 8.11. The third-order valence-electron chi connectivity index (χ3n) is 4.99. The van der Waals surface area contributed by atoms with Crippen LogP contribution in [0.15, 0.2) is 94.2 Å². The summed E-state index contributed by atoms with van der Waals surface area (Å²) in [6, 6.07) is 21.1. The van der Waals surface area contributed by atoms with Gasteiger partial charge in [0.15, 0.2) is 11.4 Å². The number of hydrogen-bond acceptors (Lipinski definition) is 6. The number of esters is 2. The van der Waals surface area contributed by atoms with Gasteiger partial charge in [0.2, 0.25) is 11.8 Å². The number of rotatable bonds is 4. The molecule has 0 saturated carbocycles. The first-order valence-electron chi connectivity index (χ1n) is 10.1. The predicted octanol–water partition coefficient (Wildman–Crippen LogP) is 5.68. The molecule has 0 aromatic heterocycles. The molecule has 0 atom stereocenters. The molecule has 0 spiro atoms. The second kappa shape index (κ2) is 9.09. The van der Waals surface area contributed by atoms with Crippen molar-refractivity contribution in [1.29, 1.82) is 0 Å². The first-order valence-corrected chi connectivity index (χ1v) is 10.9. The normalized spacial score (nSPS) is 17.6. The molecule has 2 aliphatic heterocycles. The molecule has 2 heterocycles. The number of benzene rings is 3. The van der Waals surface area contributed by atoms with Gasteiger partial charge in [-0.25, -0.2) is 19.6 Å². The van der Waals surface area contributed by atoms with E-state index < -0.39 is 11.9 Å². The van der Waals surface area contributed by atoms with Crippen LogP contribution in [0.25, 0.3) is 12.2 Å². The van der Waals surface area contributed by atoms with Crippen LogP contribution in [0.1, 0.15) is 22.3 Å². The molecule has 0 radical (unpaired) electrons. The Bertz CT molecular complexity index is 1340. The topological polar surface area (TPSA) is 77.3 Å². The summed E-state index contributed by atoms with van der Waals surface area (Å²) in [5, 5.41) is 0.886. The van der Waals surface area contributed by atoms with Crippen LogP contribution in [-0.2, 0) is 19.1 Å². The third kappa shape index (κ3) is 4.41. The SMILES string of the molecule is O=C1OC(c2ccccc2Cl)=N/C1=C\c1ccc(/C=C2/N=C(c3ccccc3Cl)OC2=O)cc1. The molecule has 0 N–H and O–H groups in total. The molecule has 0 aliphatic carbocycles. The van der Waals surface area contributed by atoms with Crippen LogP contribution < -0.4 is 0 Å². The van der Waals surface area contributed by atoms with Crippen LogP contribution in [-0.4, -0.2) is 23.7 Å². The Balaban J connectivity index is 1.37. The highest BCUT2D eigenvalue weighted by atomic mass is 35.5. The number of aliphatic imine (C=N–C) groups is 2. The minimum atomic E-state index is -0.559. The fourth-order valence-corrected chi connectivity index (χ4v) is 3.76. The summed E-state index contributed by atoms with van der Waals surface area (Å²) in [4.78, 5) is 33.0. The third-order valence-corrected chi connectivity index (χ3v) is 5.65. The highest BCUT2D eigenvalue weighted by Crippen LogP contribution is 2.25. The molecule has 166 valence electrons. The van der Waals surface area contributed by atoms with E-state index in [1.54, 1.807) is 84.9 Å². The molecule has 3 aromatic carbocycles. The lowest BCUT2D eigenvalue weighted by atomic mass is 10.1. The van der Waals surface area contributed by atoms with Crippen molar-refractivity contribution < 1.29 is 19.1 Å². The number of nitrogens with zero attached hydrogens (tertiary/aromatic N) is 2. The van der Waals surface area contributed by atoms with Gasteiger partial charge in [0, 0.05) is 0 Å². The zero-order chi connectivity index (χ0) is 23.7. The van der Waals surface area contributed by atoms with E-state index in [0.29, 0.717) is 21.2 Å². The smallest absolute Gasteiger partial charge is 0.363 e. The Labute approximate surface area is 204 Å². The van der Waals surface area contributed by atoms with E-state index in [2.05, 4.69) is 9.98 Å². The van der Waals surface area contributed by atoms with Crippen LogP contribution in [0, 0.1) is 0 Å². The molecule has 34 heavy (non-hydrogen) atoms. The fourth-order valence-electron chi connectivity index (χ4n) is 3.32. The van der Waals surface area contributed by atoms with Gasteiger partial charge in [-0.1, -0.05) is 71.7 Å². The van der Waals surface area contributed by atoms with Crippen LogP contribution in [0.4, 0.5) is 0 Å². The molecular formula is C26H14Cl2N2O4. The quantitative estimate of drug-likeness (QED) is 0.349. The summed E-state index contributed by atoms with van der Waals surface area (Å²) in [5.74, 6) is -0.794. The van der Waals surface area contributed by atoms with Gasteiger partial charge in [-0.05, 0) is 47.5 Å². The molecule has 0 saturated heterocycles. The van der Waals surface area contributed by atoms with Gasteiger partial charge in [0.05, 0.1) is 21.2 Å². The maximum Gasteiger partial charge on any atom is 0.363 e.